The van der Waals surface area contributed by atoms with E-state index in [1.807, 2.05) is 47.5 Å². The maximum absolute atomic E-state index is 13.4. The van der Waals surface area contributed by atoms with Crippen molar-refractivity contribution in [3.05, 3.63) is 75.0 Å². The zero-order chi connectivity index (χ0) is 26.2. The van der Waals surface area contributed by atoms with Crippen molar-refractivity contribution < 1.29 is 14.3 Å². The van der Waals surface area contributed by atoms with Crippen molar-refractivity contribution >= 4 is 35.0 Å². The Kier molecular flexibility index (Phi) is 7.16. The number of fused-ring (bicyclic) bond motifs is 1. The van der Waals surface area contributed by atoms with Crippen molar-refractivity contribution in [3.63, 3.8) is 0 Å². The van der Waals surface area contributed by atoms with Crippen molar-refractivity contribution in [1.82, 2.24) is 20.0 Å². The molecule has 2 amide bonds. The molecular weight excluding hydrogens is 523 g/mol. The van der Waals surface area contributed by atoms with Crippen LogP contribution in [0.4, 0.5) is 0 Å². The summed E-state index contributed by atoms with van der Waals surface area (Å²) in [6, 6.07) is 11.6. The molecule has 198 valence electrons. The number of halogens is 2. The van der Waals surface area contributed by atoms with Crippen molar-refractivity contribution in [2.45, 2.75) is 38.1 Å². The Bertz CT molecular complexity index is 1330. The zero-order valence-electron chi connectivity index (χ0n) is 21.1. The second-order valence-electron chi connectivity index (χ2n) is 10.4. The van der Waals surface area contributed by atoms with Crippen LogP contribution in [0.2, 0.25) is 10.0 Å². The summed E-state index contributed by atoms with van der Waals surface area (Å²) in [4.78, 5) is 30.0. The highest BCUT2D eigenvalue weighted by atomic mass is 35.5. The van der Waals surface area contributed by atoms with Crippen LogP contribution in [0.5, 0.6) is 0 Å². The fourth-order valence-electron chi connectivity index (χ4n) is 5.94. The molecule has 0 spiro atoms. The molecule has 2 fully saturated rings. The molecule has 0 radical (unpaired) electrons. The number of carbonyl (C=O) groups excluding carboxylic acids is 2. The summed E-state index contributed by atoms with van der Waals surface area (Å²) >= 11 is 13.5. The number of carbonyl (C=O) groups is 2. The van der Waals surface area contributed by atoms with Crippen molar-refractivity contribution in [2.75, 3.05) is 32.8 Å². The molecule has 2 aliphatic heterocycles. The summed E-state index contributed by atoms with van der Waals surface area (Å²) in [5, 5.41) is 8.38. The number of aromatic amines is 1. The number of rotatable bonds is 5. The number of H-pyrrole nitrogens is 1. The molecule has 0 bridgehead atoms. The molecule has 2 saturated heterocycles. The van der Waals surface area contributed by atoms with E-state index in [-0.39, 0.29) is 23.8 Å². The number of benzene rings is 2. The van der Waals surface area contributed by atoms with Crippen molar-refractivity contribution in [2.24, 2.45) is 5.92 Å². The summed E-state index contributed by atoms with van der Waals surface area (Å²) in [5.41, 5.74) is 5.62. The van der Waals surface area contributed by atoms with E-state index in [2.05, 4.69) is 15.1 Å². The van der Waals surface area contributed by atoms with Gasteiger partial charge in [0.1, 0.15) is 0 Å². The maximum atomic E-state index is 13.4. The molecule has 1 aliphatic carbocycles. The second kappa shape index (κ2) is 10.7. The van der Waals surface area contributed by atoms with Gasteiger partial charge in [0, 0.05) is 53.4 Å². The van der Waals surface area contributed by atoms with Gasteiger partial charge in [0.15, 0.2) is 0 Å². The number of likely N-dealkylation sites (tertiary alicyclic amines) is 1. The fraction of sp³-hybridized carbons (Fsp3) is 0.414. The quantitative estimate of drug-likeness (QED) is 0.492. The minimum Gasteiger partial charge on any atom is -0.378 e. The van der Waals surface area contributed by atoms with Crippen LogP contribution in [0.15, 0.2) is 42.6 Å². The van der Waals surface area contributed by atoms with Crippen LogP contribution in [0.3, 0.4) is 0 Å². The molecule has 2 aromatic carbocycles. The minimum atomic E-state index is -0.118. The van der Waals surface area contributed by atoms with E-state index in [0.717, 1.165) is 54.6 Å². The van der Waals surface area contributed by atoms with Crippen LogP contribution >= 0.6 is 23.2 Å². The Hall–Kier alpha value is -2.87. The third kappa shape index (κ3) is 4.95. The van der Waals surface area contributed by atoms with Gasteiger partial charge in [-0.2, -0.15) is 5.10 Å². The number of nitrogens with one attached hydrogen (secondary N) is 1. The third-order valence-corrected chi connectivity index (χ3v) is 8.80. The van der Waals surface area contributed by atoms with E-state index in [0.29, 0.717) is 48.3 Å². The molecule has 3 aromatic rings. The lowest BCUT2D eigenvalue weighted by Crippen LogP contribution is -2.41. The topological polar surface area (TPSA) is 78.5 Å². The number of ether oxygens (including phenoxy) is 1. The lowest BCUT2D eigenvalue weighted by Gasteiger charge is -2.31. The first-order chi connectivity index (χ1) is 18.5. The van der Waals surface area contributed by atoms with E-state index >= 15 is 0 Å². The van der Waals surface area contributed by atoms with Crippen LogP contribution in [0.25, 0.3) is 11.1 Å². The maximum Gasteiger partial charge on any atom is 0.254 e. The van der Waals surface area contributed by atoms with Gasteiger partial charge in [0.2, 0.25) is 5.91 Å². The van der Waals surface area contributed by atoms with Gasteiger partial charge in [-0.3, -0.25) is 14.7 Å². The largest absolute Gasteiger partial charge is 0.378 e. The van der Waals surface area contributed by atoms with Gasteiger partial charge in [0.25, 0.3) is 5.91 Å². The first kappa shape index (κ1) is 25.4. The van der Waals surface area contributed by atoms with Gasteiger partial charge in [-0.1, -0.05) is 35.3 Å². The normalized spacial score (nSPS) is 21.6. The Morgan fingerprint density at radius 3 is 2.50 bits per heavy atom. The molecule has 2 atom stereocenters. The number of hydrogen-bond acceptors (Lipinski definition) is 4. The number of amides is 2. The van der Waals surface area contributed by atoms with Crippen LogP contribution in [0, 0.1) is 5.92 Å². The number of nitrogens with zero attached hydrogens (tertiary/aromatic N) is 3. The molecule has 6 rings (SSSR count). The molecule has 3 aliphatic rings. The Morgan fingerprint density at radius 1 is 1.03 bits per heavy atom. The predicted octanol–water partition coefficient (Wildman–Crippen LogP) is 4.80. The molecule has 0 saturated carbocycles. The molecule has 38 heavy (non-hydrogen) atoms. The number of aryl methyl sites for hydroxylation is 1. The molecule has 1 aromatic heterocycles. The Morgan fingerprint density at radius 2 is 1.76 bits per heavy atom. The van der Waals surface area contributed by atoms with E-state index in [1.165, 1.54) is 5.56 Å². The van der Waals surface area contributed by atoms with Gasteiger partial charge in [0.05, 0.1) is 18.9 Å². The molecular formula is C29H30Cl2N4O3. The van der Waals surface area contributed by atoms with Gasteiger partial charge in [-0.25, -0.2) is 0 Å². The average molecular weight is 553 g/mol. The number of aromatic nitrogens is 2. The third-order valence-electron chi connectivity index (χ3n) is 8.13. The van der Waals surface area contributed by atoms with Crippen LogP contribution in [0.1, 0.15) is 40.0 Å². The van der Waals surface area contributed by atoms with Gasteiger partial charge in [-0.15, -0.1) is 0 Å². The fourth-order valence-corrected chi connectivity index (χ4v) is 6.58. The van der Waals surface area contributed by atoms with Gasteiger partial charge in [-0.05, 0) is 78.6 Å². The summed E-state index contributed by atoms with van der Waals surface area (Å²) in [5.74, 6) is 0.0886. The summed E-state index contributed by atoms with van der Waals surface area (Å²) < 4.78 is 5.34. The van der Waals surface area contributed by atoms with Crippen molar-refractivity contribution in [3.8, 4) is 11.1 Å². The summed E-state index contributed by atoms with van der Waals surface area (Å²) in [6.07, 6.45) is 6.00. The average Bonchev–Trinajstić information content (AvgIpc) is 3.56. The first-order valence-corrected chi connectivity index (χ1v) is 14.0. The Labute approximate surface area is 232 Å². The molecule has 1 N–H and O–H groups in total. The number of hydrogen-bond donors (Lipinski definition) is 1. The van der Waals surface area contributed by atoms with E-state index in [1.54, 1.807) is 0 Å². The van der Waals surface area contributed by atoms with Crippen LogP contribution in [-0.4, -0.2) is 70.7 Å². The summed E-state index contributed by atoms with van der Waals surface area (Å²) in [6.45, 7) is 3.14. The smallest absolute Gasteiger partial charge is 0.254 e. The minimum absolute atomic E-state index is 0.0139. The van der Waals surface area contributed by atoms with E-state index < -0.39 is 0 Å². The zero-order valence-corrected chi connectivity index (χ0v) is 22.6. The monoisotopic (exact) mass is 552 g/mol. The lowest BCUT2D eigenvalue weighted by atomic mass is 9.92. The summed E-state index contributed by atoms with van der Waals surface area (Å²) in [7, 11) is 0. The SMILES string of the molecule is O=C(c1ccc(-c2cc(Cl)c(CC3CCN(C4CCc5n[nH]cc5C4)C3=O)c(Cl)c2)cc1)N1CCOCC1. The molecule has 3 heterocycles. The second-order valence-corrected chi connectivity index (χ2v) is 11.2. The first-order valence-electron chi connectivity index (χ1n) is 13.3. The highest BCUT2D eigenvalue weighted by Gasteiger charge is 2.38. The lowest BCUT2D eigenvalue weighted by molar-refractivity contribution is -0.133. The highest BCUT2D eigenvalue weighted by molar-refractivity contribution is 6.36. The van der Waals surface area contributed by atoms with E-state index in [4.69, 9.17) is 27.9 Å². The standard InChI is InChI=1S/C29H30Cl2N4O3/c30-25-15-21(18-1-3-19(4-2-18)28(36)34-9-11-38-12-10-34)16-26(31)24(25)14-20-7-8-35(29(20)37)23-5-6-27-22(13-23)17-32-33-27/h1-4,15-17,20,23H,5-14H2,(H,32,33). The van der Waals surface area contributed by atoms with Crippen LogP contribution in [-0.2, 0) is 28.8 Å². The number of morpholine rings is 1. The van der Waals surface area contributed by atoms with Crippen molar-refractivity contribution in [1.29, 1.82) is 0 Å². The Balaban J connectivity index is 1.13. The molecule has 2 unspecified atom stereocenters. The molecule has 7 nitrogen and oxygen atoms in total. The van der Waals surface area contributed by atoms with E-state index in [9.17, 15) is 9.59 Å². The molecule has 9 heteroatoms. The van der Waals surface area contributed by atoms with Gasteiger partial charge < -0.3 is 14.5 Å². The highest BCUT2D eigenvalue weighted by Crippen LogP contribution is 2.36. The van der Waals surface area contributed by atoms with Crippen LogP contribution < -0.4 is 0 Å². The predicted molar refractivity (Wildman–Crippen MR) is 147 cm³/mol. The van der Waals surface area contributed by atoms with Gasteiger partial charge >= 0.3 is 0 Å².